The number of hydrogen-bond donors (Lipinski definition) is 2. The second-order valence-electron chi connectivity index (χ2n) is 7.00. The van der Waals surface area contributed by atoms with Crippen molar-refractivity contribution in [1.82, 2.24) is 15.4 Å². The van der Waals surface area contributed by atoms with Crippen molar-refractivity contribution in [2.75, 3.05) is 33.4 Å². The van der Waals surface area contributed by atoms with E-state index in [0.717, 1.165) is 30.1 Å². The van der Waals surface area contributed by atoms with Crippen LogP contribution in [-0.2, 0) is 13.1 Å². The van der Waals surface area contributed by atoms with Gasteiger partial charge in [-0.15, -0.1) is 0 Å². The van der Waals surface area contributed by atoms with Crippen molar-refractivity contribution in [2.24, 2.45) is 0 Å². The van der Waals surface area contributed by atoms with Crippen LogP contribution in [0.1, 0.15) is 29.9 Å². The molecule has 3 rings (SSSR count). The van der Waals surface area contributed by atoms with Gasteiger partial charge >= 0.3 is 0 Å². The normalized spacial score (nSPS) is 15.8. The maximum Gasteiger partial charge on any atom is 0.161 e. The van der Waals surface area contributed by atoms with Crippen LogP contribution in [0.4, 0.5) is 0 Å². The molecule has 1 aliphatic heterocycles. The molecule has 148 valence electrons. The quantitative estimate of drug-likeness (QED) is 0.658. The van der Waals surface area contributed by atoms with Crippen LogP contribution in [0, 0.1) is 6.92 Å². The number of likely N-dealkylation sites (tertiary alicyclic amines) is 1. The molecule has 0 spiro atoms. The molecule has 2 N–H and O–H groups in total. The largest absolute Gasteiger partial charge is 0.493 e. The van der Waals surface area contributed by atoms with Crippen molar-refractivity contribution in [3.05, 3.63) is 41.3 Å². The monoisotopic (exact) mass is 375 g/mol. The summed E-state index contributed by atoms with van der Waals surface area (Å²) >= 11 is 0. The Balaban J connectivity index is 1.47. The van der Waals surface area contributed by atoms with Crippen LogP contribution in [0.5, 0.6) is 11.5 Å². The number of hydrogen-bond acceptors (Lipinski definition) is 7. The first-order valence-corrected chi connectivity index (χ1v) is 9.47. The van der Waals surface area contributed by atoms with E-state index in [2.05, 4.69) is 15.4 Å². The highest BCUT2D eigenvalue weighted by molar-refractivity contribution is 5.43. The Hall–Kier alpha value is -2.09. The summed E-state index contributed by atoms with van der Waals surface area (Å²) in [6.07, 6.45) is 1.93. The van der Waals surface area contributed by atoms with E-state index in [1.54, 1.807) is 7.11 Å². The minimum atomic E-state index is -0.500. The molecule has 0 amide bonds. The van der Waals surface area contributed by atoms with Gasteiger partial charge in [0.25, 0.3) is 0 Å². The number of ether oxygens (including phenoxy) is 2. The highest BCUT2D eigenvalue weighted by Crippen LogP contribution is 2.28. The number of benzene rings is 1. The summed E-state index contributed by atoms with van der Waals surface area (Å²) in [6, 6.07) is 7.74. The maximum absolute atomic E-state index is 10.2. The highest BCUT2D eigenvalue weighted by Gasteiger charge is 2.17. The number of β-amino-alcohol motifs (C(OH)–C–C–N with tert-alkyl or cyclic N) is 1. The first-order chi connectivity index (χ1) is 13.1. The Kier molecular flexibility index (Phi) is 7.09. The average Bonchev–Trinajstić information content (AvgIpc) is 3.32. The summed E-state index contributed by atoms with van der Waals surface area (Å²) < 4.78 is 16.4. The number of aliphatic hydroxyl groups is 1. The Morgan fingerprint density at radius 2 is 2.04 bits per heavy atom. The first-order valence-electron chi connectivity index (χ1n) is 9.47. The van der Waals surface area contributed by atoms with Crippen LogP contribution in [0.25, 0.3) is 0 Å². The molecule has 1 fully saturated rings. The topological polar surface area (TPSA) is 80.0 Å². The van der Waals surface area contributed by atoms with Crippen molar-refractivity contribution >= 4 is 0 Å². The van der Waals surface area contributed by atoms with Gasteiger partial charge in [-0.1, -0.05) is 11.2 Å². The number of aryl methyl sites for hydroxylation is 1. The van der Waals surface area contributed by atoms with Crippen molar-refractivity contribution in [2.45, 2.75) is 39.0 Å². The summed E-state index contributed by atoms with van der Waals surface area (Å²) in [4.78, 5) is 2.27. The van der Waals surface area contributed by atoms with E-state index in [1.165, 1.54) is 12.8 Å². The van der Waals surface area contributed by atoms with Gasteiger partial charge in [-0.25, -0.2) is 0 Å². The number of nitrogens with zero attached hydrogens (tertiary/aromatic N) is 2. The molecule has 2 aromatic rings. The van der Waals surface area contributed by atoms with E-state index >= 15 is 0 Å². The van der Waals surface area contributed by atoms with Crippen molar-refractivity contribution in [3.8, 4) is 11.5 Å². The van der Waals surface area contributed by atoms with E-state index in [0.29, 0.717) is 31.1 Å². The molecule has 27 heavy (non-hydrogen) atoms. The second kappa shape index (κ2) is 9.73. The van der Waals surface area contributed by atoms with Gasteiger partial charge in [-0.2, -0.15) is 0 Å². The lowest BCUT2D eigenvalue weighted by molar-refractivity contribution is 0.0747. The molecule has 1 atom stereocenters. The molecule has 1 aromatic carbocycles. The summed E-state index contributed by atoms with van der Waals surface area (Å²) in [5.41, 5.74) is 1.95. The van der Waals surface area contributed by atoms with Crippen LogP contribution < -0.4 is 14.8 Å². The van der Waals surface area contributed by atoms with E-state index in [4.69, 9.17) is 14.0 Å². The minimum absolute atomic E-state index is 0.259. The van der Waals surface area contributed by atoms with Crippen LogP contribution in [0.3, 0.4) is 0 Å². The lowest BCUT2D eigenvalue weighted by Crippen LogP contribution is -2.33. The lowest BCUT2D eigenvalue weighted by Gasteiger charge is -2.20. The highest BCUT2D eigenvalue weighted by atomic mass is 16.5. The van der Waals surface area contributed by atoms with E-state index < -0.39 is 6.10 Å². The van der Waals surface area contributed by atoms with Crippen LogP contribution >= 0.6 is 0 Å². The number of rotatable bonds is 10. The third-order valence-electron chi connectivity index (χ3n) is 4.63. The smallest absolute Gasteiger partial charge is 0.161 e. The van der Waals surface area contributed by atoms with Crippen molar-refractivity contribution in [1.29, 1.82) is 0 Å². The molecule has 0 saturated carbocycles. The van der Waals surface area contributed by atoms with Crippen LogP contribution in [0.15, 0.2) is 28.8 Å². The fourth-order valence-electron chi connectivity index (χ4n) is 3.27. The zero-order chi connectivity index (χ0) is 19.1. The minimum Gasteiger partial charge on any atom is -0.493 e. The third-order valence-corrected chi connectivity index (χ3v) is 4.63. The second-order valence-corrected chi connectivity index (χ2v) is 7.00. The van der Waals surface area contributed by atoms with Gasteiger partial charge in [-0.05, 0) is 50.6 Å². The fraction of sp³-hybridized carbons (Fsp3) is 0.550. The molecule has 7 heteroatoms. The zero-order valence-corrected chi connectivity index (χ0v) is 16.1. The summed E-state index contributed by atoms with van der Waals surface area (Å²) in [7, 11) is 1.62. The number of methoxy groups -OCH3 is 1. The third kappa shape index (κ3) is 5.95. The molecule has 7 nitrogen and oxygen atoms in total. The Morgan fingerprint density at radius 1 is 1.22 bits per heavy atom. The number of aliphatic hydroxyl groups excluding tert-OH is 1. The van der Waals surface area contributed by atoms with Crippen LogP contribution in [-0.4, -0.2) is 54.6 Å². The number of nitrogens with one attached hydrogen (secondary N) is 1. The Bertz CT molecular complexity index is 713. The van der Waals surface area contributed by atoms with Gasteiger partial charge < -0.3 is 29.3 Å². The molecular formula is C20H29N3O4. The lowest BCUT2D eigenvalue weighted by atomic mass is 10.2. The summed E-state index contributed by atoms with van der Waals surface area (Å²) in [5, 5.41) is 17.4. The zero-order valence-electron chi connectivity index (χ0n) is 16.1. The van der Waals surface area contributed by atoms with E-state index in [-0.39, 0.29) is 6.61 Å². The predicted molar refractivity (Wildman–Crippen MR) is 102 cm³/mol. The van der Waals surface area contributed by atoms with Gasteiger partial charge in [0.1, 0.15) is 12.7 Å². The Morgan fingerprint density at radius 3 is 2.74 bits per heavy atom. The summed E-state index contributed by atoms with van der Waals surface area (Å²) in [5.74, 6) is 2.12. The van der Waals surface area contributed by atoms with Crippen molar-refractivity contribution < 1.29 is 19.1 Å². The summed E-state index contributed by atoms with van der Waals surface area (Å²) in [6.45, 7) is 6.24. The van der Waals surface area contributed by atoms with Crippen molar-refractivity contribution in [3.63, 3.8) is 0 Å². The SMILES string of the molecule is COc1cc(CNCc2cc(C)no2)ccc1OCC(O)CN1CCCC1. The first kappa shape index (κ1) is 19.7. The van der Waals surface area contributed by atoms with E-state index in [1.807, 2.05) is 31.2 Å². The maximum atomic E-state index is 10.2. The molecule has 1 saturated heterocycles. The van der Waals surface area contributed by atoms with Gasteiger partial charge in [0.15, 0.2) is 17.3 Å². The van der Waals surface area contributed by atoms with Gasteiger partial charge in [0.2, 0.25) is 0 Å². The molecule has 0 bridgehead atoms. The molecule has 0 aliphatic carbocycles. The van der Waals surface area contributed by atoms with Gasteiger partial charge in [-0.3, -0.25) is 0 Å². The van der Waals surface area contributed by atoms with Crippen LogP contribution in [0.2, 0.25) is 0 Å². The van der Waals surface area contributed by atoms with Gasteiger partial charge in [0.05, 0.1) is 19.3 Å². The van der Waals surface area contributed by atoms with Gasteiger partial charge in [0, 0.05) is 19.2 Å². The Labute approximate surface area is 160 Å². The fourth-order valence-corrected chi connectivity index (χ4v) is 3.27. The molecular weight excluding hydrogens is 346 g/mol. The predicted octanol–water partition coefficient (Wildman–Crippen LogP) is 2.12. The average molecular weight is 375 g/mol. The molecule has 0 radical (unpaired) electrons. The molecule has 1 aliphatic rings. The van der Waals surface area contributed by atoms with E-state index in [9.17, 15) is 5.11 Å². The molecule has 2 heterocycles. The molecule has 1 aromatic heterocycles. The number of aromatic nitrogens is 1. The molecule has 1 unspecified atom stereocenters. The standard InChI is InChI=1S/C20H29N3O4/c1-15-9-18(27-22-15)12-21-11-16-5-6-19(20(10-16)25-2)26-14-17(24)13-23-7-3-4-8-23/h5-6,9-10,17,21,24H,3-4,7-8,11-14H2,1-2H3.